The first-order valence-corrected chi connectivity index (χ1v) is 10.4. The Morgan fingerprint density at radius 1 is 1.14 bits per heavy atom. The van der Waals surface area contributed by atoms with Crippen molar-refractivity contribution in [1.82, 2.24) is 0 Å². The van der Waals surface area contributed by atoms with Gasteiger partial charge in [-0.2, -0.15) is 0 Å². The van der Waals surface area contributed by atoms with E-state index in [2.05, 4.69) is 0 Å². The number of thioether (sulfide) groups is 1. The zero-order chi connectivity index (χ0) is 20.8. The third-order valence-corrected chi connectivity index (χ3v) is 6.68. The minimum Gasteiger partial charge on any atom is -0.466 e. The van der Waals surface area contributed by atoms with Crippen LogP contribution < -0.4 is 0 Å². The Balaban J connectivity index is 2.39. The van der Waals surface area contributed by atoms with Crippen LogP contribution in [0.3, 0.4) is 0 Å². The summed E-state index contributed by atoms with van der Waals surface area (Å²) in [5, 5.41) is 11.4. The number of rotatable bonds is 7. The fourth-order valence-electron chi connectivity index (χ4n) is 3.73. The molecule has 5 atom stereocenters. The highest BCUT2D eigenvalue weighted by molar-refractivity contribution is 8.00. The maximum Gasteiger partial charge on any atom is 0.316 e. The van der Waals surface area contributed by atoms with E-state index in [1.54, 1.807) is 20.8 Å². The van der Waals surface area contributed by atoms with Crippen LogP contribution in [0.15, 0.2) is 29.2 Å². The largest absolute Gasteiger partial charge is 0.466 e. The summed E-state index contributed by atoms with van der Waals surface area (Å²) in [4.78, 5) is 37.3. The summed E-state index contributed by atoms with van der Waals surface area (Å²) in [7, 11) is 0. The molecule has 154 valence electrons. The van der Waals surface area contributed by atoms with Crippen molar-refractivity contribution in [2.45, 2.75) is 50.3 Å². The summed E-state index contributed by atoms with van der Waals surface area (Å²) >= 11 is 1.47. The molecule has 0 N–H and O–H groups in total. The van der Waals surface area contributed by atoms with E-state index in [-0.39, 0.29) is 24.9 Å². The predicted octanol–water partition coefficient (Wildman–Crippen LogP) is 3.50. The van der Waals surface area contributed by atoms with Gasteiger partial charge in [0.15, 0.2) is 0 Å². The second kappa shape index (κ2) is 9.91. The molecule has 0 saturated heterocycles. The number of ether oxygens (including phenoxy) is 2. The van der Waals surface area contributed by atoms with Gasteiger partial charge in [-0.15, -0.1) is 11.8 Å². The van der Waals surface area contributed by atoms with E-state index < -0.39 is 40.7 Å². The van der Waals surface area contributed by atoms with E-state index in [0.29, 0.717) is 0 Å². The molecule has 8 heteroatoms. The molecule has 0 heterocycles. The van der Waals surface area contributed by atoms with Crippen LogP contribution in [0, 0.1) is 34.8 Å². The van der Waals surface area contributed by atoms with E-state index in [9.17, 15) is 19.7 Å². The van der Waals surface area contributed by atoms with E-state index in [1.165, 1.54) is 11.8 Å². The van der Waals surface area contributed by atoms with Crippen LogP contribution in [-0.4, -0.2) is 41.4 Å². The van der Waals surface area contributed by atoms with Gasteiger partial charge in [-0.1, -0.05) is 24.6 Å². The lowest BCUT2D eigenvalue weighted by atomic mass is 9.71. The number of aryl methyl sites for hydroxylation is 1. The van der Waals surface area contributed by atoms with Crippen LogP contribution in [0.5, 0.6) is 0 Å². The number of carbonyl (C=O) groups excluding carboxylic acids is 2. The first-order chi connectivity index (χ1) is 13.3. The first kappa shape index (κ1) is 22.2. The highest BCUT2D eigenvalue weighted by Crippen LogP contribution is 2.45. The zero-order valence-electron chi connectivity index (χ0n) is 16.6. The standard InChI is InChI=1S/C20H27NO6S/c1-5-26-19(22)15-11-16(21(24)25)17(20(23)27-6-2)13(4)18(15)28-14-9-7-12(3)8-10-14/h7-10,13,15-18H,5-6,11H2,1-4H3/t13-,15+,16-,17-,18-/m0/s1. The summed E-state index contributed by atoms with van der Waals surface area (Å²) in [6.45, 7) is 7.51. The quantitative estimate of drug-likeness (QED) is 0.386. The topological polar surface area (TPSA) is 95.7 Å². The monoisotopic (exact) mass is 409 g/mol. The van der Waals surface area contributed by atoms with E-state index in [4.69, 9.17) is 9.47 Å². The number of carbonyl (C=O) groups is 2. The van der Waals surface area contributed by atoms with Gasteiger partial charge in [0.2, 0.25) is 6.04 Å². The molecule has 1 aliphatic carbocycles. The van der Waals surface area contributed by atoms with Gasteiger partial charge in [0.25, 0.3) is 0 Å². The zero-order valence-corrected chi connectivity index (χ0v) is 17.4. The van der Waals surface area contributed by atoms with Crippen molar-refractivity contribution in [2.75, 3.05) is 13.2 Å². The van der Waals surface area contributed by atoms with Gasteiger partial charge in [-0.25, -0.2) is 0 Å². The van der Waals surface area contributed by atoms with E-state index in [0.717, 1.165) is 10.5 Å². The average molecular weight is 410 g/mol. The summed E-state index contributed by atoms with van der Waals surface area (Å²) in [6, 6.07) is 6.68. The molecule has 0 unspecified atom stereocenters. The molecule has 1 aromatic rings. The minimum atomic E-state index is -1.17. The van der Waals surface area contributed by atoms with Crippen molar-refractivity contribution in [2.24, 2.45) is 17.8 Å². The predicted molar refractivity (Wildman–Crippen MR) is 106 cm³/mol. The molecule has 2 rings (SSSR count). The summed E-state index contributed by atoms with van der Waals surface area (Å²) in [5.74, 6) is -3.02. The third-order valence-electron chi connectivity index (χ3n) is 5.10. The molecule has 1 aromatic carbocycles. The Hall–Kier alpha value is -2.09. The average Bonchev–Trinajstić information content (AvgIpc) is 2.64. The second-order valence-electron chi connectivity index (χ2n) is 6.98. The van der Waals surface area contributed by atoms with Crippen LogP contribution in [0.1, 0.15) is 32.8 Å². The molecule has 0 spiro atoms. The summed E-state index contributed by atoms with van der Waals surface area (Å²) in [5.41, 5.74) is 1.11. The van der Waals surface area contributed by atoms with Gasteiger partial charge in [-0.3, -0.25) is 19.7 Å². The lowest BCUT2D eigenvalue weighted by Crippen LogP contribution is -2.52. The van der Waals surface area contributed by atoms with Crippen molar-refractivity contribution in [3.8, 4) is 0 Å². The molecule has 1 saturated carbocycles. The number of nitrogens with zero attached hydrogens (tertiary/aromatic N) is 1. The number of benzene rings is 1. The van der Waals surface area contributed by atoms with E-state index >= 15 is 0 Å². The van der Waals surface area contributed by atoms with Crippen LogP contribution in [0.4, 0.5) is 0 Å². The fraction of sp³-hybridized carbons (Fsp3) is 0.600. The highest BCUT2D eigenvalue weighted by atomic mass is 32.2. The molecule has 0 radical (unpaired) electrons. The Kier molecular flexibility index (Phi) is 7.86. The van der Waals surface area contributed by atoms with Crippen molar-refractivity contribution < 1.29 is 24.0 Å². The molecule has 1 fully saturated rings. The molecule has 7 nitrogen and oxygen atoms in total. The Bertz CT molecular complexity index is 707. The van der Waals surface area contributed by atoms with Gasteiger partial charge < -0.3 is 9.47 Å². The lowest BCUT2D eigenvalue weighted by Gasteiger charge is -2.39. The second-order valence-corrected chi connectivity index (χ2v) is 8.23. The molecule has 0 aliphatic heterocycles. The molecule has 0 aromatic heterocycles. The van der Waals surface area contributed by atoms with Crippen LogP contribution in [0.2, 0.25) is 0 Å². The van der Waals surface area contributed by atoms with Gasteiger partial charge in [-0.05, 0) is 38.8 Å². The third kappa shape index (κ3) is 5.04. The van der Waals surface area contributed by atoms with Crippen LogP contribution in [-0.2, 0) is 19.1 Å². The Morgan fingerprint density at radius 2 is 1.71 bits per heavy atom. The van der Waals surface area contributed by atoms with Gasteiger partial charge in [0.05, 0.1) is 19.1 Å². The number of hydrogen-bond donors (Lipinski definition) is 0. The van der Waals surface area contributed by atoms with Crippen LogP contribution >= 0.6 is 11.8 Å². The smallest absolute Gasteiger partial charge is 0.316 e. The summed E-state index contributed by atoms with van der Waals surface area (Å²) in [6.07, 6.45) is -0.0385. The molecule has 0 amide bonds. The Morgan fingerprint density at radius 3 is 2.25 bits per heavy atom. The Labute approximate surface area is 169 Å². The highest BCUT2D eigenvalue weighted by Gasteiger charge is 2.54. The van der Waals surface area contributed by atoms with Crippen molar-refractivity contribution in [3.63, 3.8) is 0 Å². The SMILES string of the molecule is CCOC(=O)[C@H]1[C@H](C)[C@H](Sc2ccc(C)cc2)[C@H](C(=O)OCC)C[C@@H]1[N+](=O)[O-]. The van der Waals surface area contributed by atoms with Gasteiger partial charge in [0, 0.05) is 21.5 Å². The summed E-state index contributed by atoms with van der Waals surface area (Å²) < 4.78 is 10.3. The number of esters is 2. The molecular formula is C20H27NO6S. The van der Waals surface area contributed by atoms with Crippen molar-refractivity contribution in [3.05, 3.63) is 39.9 Å². The molecule has 28 heavy (non-hydrogen) atoms. The molecular weight excluding hydrogens is 382 g/mol. The molecule has 0 bridgehead atoms. The van der Waals surface area contributed by atoms with Gasteiger partial charge >= 0.3 is 11.9 Å². The fourth-order valence-corrected chi connectivity index (χ4v) is 5.11. The van der Waals surface area contributed by atoms with Crippen molar-refractivity contribution in [1.29, 1.82) is 0 Å². The normalized spacial score (nSPS) is 27.1. The maximum absolute atomic E-state index is 12.6. The van der Waals surface area contributed by atoms with Crippen molar-refractivity contribution >= 4 is 23.7 Å². The number of nitro groups is 1. The molecule has 1 aliphatic rings. The van der Waals surface area contributed by atoms with Gasteiger partial charge in [0.1, 0.15) is 5.92 Å². The number of hydrogen-bond acceptors (Lipinski definition) is 7. The lowest BCUT2D eigenvalue weighted by molar-refractivity contribution is -0.536. The first-order valence-electron chi connectivity index (χ1n) is 9.50. The maximum atomic E-state index is 12.6. The van der Waals surface area contributed by atoms with E-state index in [1.807, 2.05) is 31.2 Å². The van der Waals surface area contributed by atoms with Crippen LogP contribution in [0.25, 0.3) is 0 Å². The minimum absolute atomic E-state index is 0.0385.